The zero-order chi connectivity index (χ0) is 12.4. The number of hydrogen-bond donors (Lipinski definition) is 2. The lowest BCUT2D eigenvalue weighted by Gasteiger charge is -2.33. The predicted molar refractivity (Wildman–Crippen MR) is 66.4 cm³/mol. The molecule has 2 aliphatic rings. The first kappa shape index (κ1) is 12.8. The maximum atomic E-state index is 12.2. The van der Waals surface area contributed by atoms with Gasteiger partial charge in [0.05, 0.1) is 18.1 Å². The summed E-state index contributed by atoms with van der Waals surface area (Å²) in [5.41, 5.74) is 6.14. The summed E-state index contributed by atoms with van der Waals surface area (Å²) in [5.74, 6) is 0.578. The van der Waals surface area contributed by atoms with Gasteiger partial charge in [0, 0.05) is 12.6 Å². The van der Waals surface area contributed by atoms with Crippen LogP contribution in [0.3, 0.4) is 0 Å². The van der Waals surface area contributed by atoms with Gasteiger partial charge in [0.25, 0.3) is 0 Å². The third-order valence-corrected chi connectivity index (χ3v) is 4.34. The van der Waals surface area contributed by atoms with E-state index in [1.54, 1.807) is 0 Å². The molecule has 0 radical (unpaired) electrons. The van der Waals surface area contributed by atoms with Gasteiger partial charge in [-0.05, 0) is 32.1 Å². The van der Waals surface area contributed by atoms with Crippen molar-refractivity contribution in [2.24, 2.45) is 17.6 Å². The number of hydrogen-bond acceptors (Lipinski definition) is 3. The summed E-state index contributed by atoms with van der Waals surface area (Å²) in [5, 5.41) is 3.11. The third kappa shape index (κ3) is 2.80. The summed E-state index contributed by atoms with van der Waals surface area (Å²) in [6, 6.07) is 0.188. The molecule has 1 heterocycles. The van der Waals surface area contributed by atoms with Crippen LogP contribution in [0.25, 0.3) is 0 Å². The van der Waals surface area contributed by atoms with Gasteiger partial charge in [0.1, 0.15) is 0 Å². The average Bonchev–Trinajstić information content (AvgIpc) is 2.68. The van der Waals surface area contributed by atoms with Crippen molar-refractivity contribution in [1.29, 1.82) is 0 Å². The van der Waals surface area contributed by atoms with E-state index in [1.165, 1.54) is 0 Å². The highest BCUT2D eigenvalue weighted by Crippen LogP contribution is 2.28. The fourth-order valence-electron chi connectivity index (χ4n) is 2.96. The van der Waals surface area contributed by atoms with E-state index in [-0.39, 0.29) is 30.0 Å². The Hall–Kier alpha value is -0.610. The maximum absolute atomic E-state index is 12.2. The molecule has 1 saturated heterocycles. The van der Waals surface area contributed by atoms with E-state index in [0.29, 0.717) is 5.92 Å². The van der Waals surface area contributed by atoms with Gasteiger partial charge in [-0.2, -0.15) is 0 Å². The Balaban J connectivity index is 1.90. The largest absolute Gasteiger partial charge is 0.376 e. The zero-order valence-corrected chi connectivity index (χ0v) is 10.8. The Morgan fingerprint density at radius 1 is 1.29 bits per heavy atom. The van der Waals surface area contributed by atoms with Crippen LogP contribution in [0.15, 0.2) is 0 Å². The molecule has 3 N–H and O–H groups in total. The molecule has 1 saturated carbocycles. The van der Waals surface area contributed by atoms with E-state index in [4.69, 9.17) is 10.5 Å². The Labute approximate surface area is 103 Å². The smallest absolute Gasteiger partial charge is 0.224 e. The van der Waals surface area contributed by atoms with Gasteiger partial charge < -0.3 is 15.8 Å². The number of ether oxygens (including phenoxy) is 1. The topological polar surface area (TPSA) is 64.3 Å². The predicted octanol–water partition coefficient (Wildman–Crippen LogP) is 1.04. The van der Waals surface area contributed by atoms with Crippen LogP contribution in [0.2, 0.25) is 0 Å². The van der Waals surface area contributed by atoms with Crippen molar-refractivity contribution < 1.29 is 9.53 Å². The second-order valence-corrected chi connectivity index (χ2v) is 5.57. The van der Waals surface area contributed by atoms with Crippen LogP contribution in [0, 0.1) is 11.8 Å². The number of nitrogens with one attached hydrogen (secondary N) is 1. The van der Waals surface area contributed by atoms with E-state index in [0.717, 1.165) is 32.3 Å². The van der Waals surface area contributed by atoms with Crippen molar-refractivity contribution in [2.75, 3.05) is 6.61 Å². The summed E-state index contributed by atoms with van der Waals surface area (Å²) < 4.78 is 5.46. The first-order valence-electron chi connectivity index (χ1n) is 6.77. The summed E-state index contributed by atoms with van der Waals surface area (Å²) >= 11 is 0. The van der Waals surface area contributed by atoms with Gasteiger partial charge in [-0.25, -0.2) is 0 Å². The van der Waals surface area contributed by atoms with Gasteiger partial charge in [-0.15, -0.1) is 0 Å². The molecule has 0 aromatic carbocycles. The molecule has 98 valence electrons. The van der Waals surface area contributed by atoms with Crippen LogP contribution in [0.4, 0.5) is 0 Å². The average molecular weight is 240 g/mol. The van der Waals surface area contributed by atoms with Crippen molar-refractivity contribution in [3.8, 4) is 0 Å². The molecule has 2 rings (SSSR count). The molecule has 0 spiro atoms. The minimum Gasteiger partial charge on any atom is -0.376 e. The number of rotatable bonds is 2. The van der Waals surface area contributed by atoms with E-state index < -0.39 is 0 Å². The molecule has 5 unspecified atom stereocenters. The van der Waals surface area contributed by atoms with Gasteiger partial charge >= 0.3 is 0 Å². The van der Waals surface area contributed by atoms with E-state index in [2.05, 4.69) is 12.2 Å². The Morgan fingerprint density at radius 3 is 2.71 bits per heavy atom. The lowest BCUT2D eigenvalue weighted by molar-refractivity contribution is -0.128. The van der Waals surface area contributed by atoms with Gasteiger partial charge in [-0.3, -0.25) is 4.79 Å². The van der Waals surface area contributed by atoms with E-state index >= 15 is 0 Å². The number of nitrogens with two attached hydrogens (primary N) is 1. The molecular weight excluding hydrogens is 216 g/mol. The normalized spacial score (nSPS) is 42.4. The van der Waals surface area contributed by atoms with Crippen LogP contribution in [0.1, 0.15) is 39.5 Å². The maximum Gasteiger partial charge on any atom is 0.224 e. The van der Waals surface area contributed by atoms with Gasteiger partial charge in [-0.1, -0.05) is 13.3 Å². The second-order valence-electron chi connectivity index (χ2n) is 5.57. The number of carbonyl (C=O) groups excluding carboxylic acids is 1. The Kier molecular flexibility index (Phi) is 4.05. The zero-order valence-electron chi connectivity index (χ0n) is 10.8. The van der Waals surface area contributed by atoms with Gasteiger partial charge in [0.15, 0.2) is 0 Å². The standard InChI is InChI=1S/C13H24N2O2/c1-8-4-3-5-10(12(8)14)13(16)15-11-6-7-17-9(11)2/h8-12H,3-7,14H2,1-2H3,(H,15,16). The van der Waals surface area contributed by atoms with Crippen molar-refractivity contribution in [1.82, 2.24) is 5.32 Å². The van der Waals surface area contributed by atoms with Crippen molar-refractivity contribution in [3.63, 3.8) is 0 Å². The van der Waals surface area contributed by atoms with Crippen LogP contribution < -0.4 is 11.1 Å². The number of carbonyl (C=O) groups is 1. The molecule has 4 nitrogen and oxygen atoms in total. The fraction of sp³-hybridized carbons (Fsp3) is 0.923. The van der Waals surface area contributed by atoms with E-state index in [9.17, 15) is 4.79 Å². The fourth-order valence-corrected chi connectivity index (χ4v) is 2.96. The number of amides is 1. The Morgan fingerprint density at radius 2 is 2.06 bits per heavy atom. The van der Waals surface area contributed by atoms with Crippen molar-refractivity contribution in [2.45, 2.75) is 57.7 Å². The van der Waals surface area contributed by atoms with Crippen molar-refractivity contribution >= 4 is 5.91 Å². The van der Waals surface area contributed by atoms with E-state index in [1.807, 2.05) is 6.92 Å². The second kappa shape index (κ2) is 5.36. The molecule has 0 aromatic rings. The molecule has 5 atom stereocenters. The molecule has 1 aliphatic heterocycles. The first-order valence-corrected chi connectivity index (χ1v) is 6.77. The quantitative estimate of drug-likeness (QED) is 0.758. The molecule has 0 aromatic heterocycles. The highest BCUT2D eigenvalue weighted by Gasteiger charge is 2.35. The van der Waals surface area contributed by atoms with Crippen LogP contribution in [0.5, 0.6) is 0 Å². The summed E-state index contributed by atoms with van der Waals surface area (Å²) in [6.45, 7) is 4.91. The highest BCUT2D eigenvalue weighted by molar-refractivity contribution is 5.80. The molecule has 1 aliphatic carbocycles. The monoisotopic (exact) mass is 240 g/mol. The van der Waals surface area contributed by atoms with Crippen molar-refractivity contribution in [3.05, 3.63) is 0 Å². The molecular formula is C13H24N2O2. The van der Waals surface area contributed by atoms with Crippen LogP contribution >= 0.6 is 0 Å². The molecule has 2 fully saturated rings. The SMILES string of the molecule is CC1CCCC(C(=O)NC2CCOC2C)C1N. The lowest BCUT2D eigenvalue weighted by Crippen LogP contribution is -2.50. The molecule has 1 amide bonds. The van der Waals surface area contributed by atoms with Gasteiger partial charge in [0.2, 0.25) is 5.91 Å². The third-order valence-electron chi connectivity index (χ3n) is 4.34. The molecule has 4 heteroatoms. The summed E-state index contributed by atoms with van der Waals surface area (Å²) in [6.07, 6.45) is 4.25. The lowest BCUT2D eigenvalue weighted by atomic mass is 9.77. The highest BCUT2D eigenvalue weighted by atomic mass is 16.5. The van der Waals surface area contributed by atoms with Crippen LogP contribution in [-0.2, 0) is 9.53 Å². The summed E-state index contributed by atoms with van der Waals surface area (Å²) in [4.78, 5) is 12.2. The first-order chi connectivity index (χ1) is 8.09. The minimum absolute atomic E-state index is 0.00782. The molecule has 17 heavy (non-hydrogen) atoms. The minimum atomic E-state index is -0.00782. The summed E-state index contributed by atoms with van der Waals surface area (Å²) in [7, 11) is 0. The van der Waals surface area contributed by atoms with Crippen LogP contribution in [-0.4, -0.2) is 30.7 Å². The Bertz CT molecular complexity index is 283. The molecule has 0 bridgehead atoms.